The van der Waals surface area contributed by atoms with Crippen LogP contribution in [0.5, 0.6) is 0 Å². The van der Waals surface area contributed by atoms with Gasteiger partial charge >= 0.3 is 5.97 Å². The summed E-state index contributed by atoms with van der Waals surface area (Å²) in [4.78, 5) is 39.7. The summed E-state index contributed by atoms with van der Waals surface area (Å²) in [5.41, 5.74) is 0.961. The van der Waals surface area contributed by atoms with Crippen LogP contribution in [0.1, 0.15) is 16.1 Å². The number of pyridine rings is 1. The van der Waals surface area contributed by atoms with E-state index < -0.39 is 22.8 Å². The highest BCUT2D eigenvalue weighted by Crippen LogP contribution is 2.20. The van der Waals surface area contributed by atoms with Crippen LogP contribution in [0.15, 0.2) is 60.7 Å². The molecular formula is C20H17N3O5. The van der Waals surface area contributed by atoms with Gasteiger partial charge in [0.15, 0.2) is 0 Å². The molecule has 1 atom stereocenters. The number of fused-ring (bicyclic) bond motifs is 1. The van der Waals surface area contributed by atoms with Gasteiger partial charge in [0.05, 0.1) is 17.5 Å². The Morgan fingerprint density at radius 2 is 1.82 bits per heavy atom. The Kier molecular flexibility index (Phi) is 5.59. The summed E-state index contributed by atoms with van der Waals surface area (Å²) >= 11 is 0. The first-order chi connectivity index (χ1) is 13.5. The van der Waals surface area contributed by atoms with Gasteiger partial charge in [-0.15, -0.1) is 0 Å². The Morgan fingerprint density at radius 1 is 1.11 bits per heavy atom. The second-order valence-corrected chi connectivity index (χ2v) is 6.03. The normalized spacial score (nSPS) is 11.6. The summed E-state index contributed by atoms with van der Waals surface area (Å²) in [6, 6.07) is 15.6. The molecule has 2 aromatic carbocycles. The molecule has 0 fully saturated rings. The molecule has 0 aliphatic carbocycles. The summed E-state index contributed by atoms with van der Waals surface area (Å²) in [5.74, 6) is -1.27. The average Bonchev–Trinajstić information content (AvgIpc) is 2.72. The first-order valence-electron chi connectivity index (χ1n) is 8.46. The summed E-state index contributed by atoms with van der Waals surface area (Å²) in [6.45, 7) is 0. The second-order valence-electron chi connectivity index (χ2n) is 6.03. The second kappa shape index (κ2) is 8.26. The summed E-state index contributed by atoms with van der Waals surface area (Å²) in [7, 11) is 1.19. The molecule has 0 saturated heterocycles. The number of nitro benzene ring substituents is 1. The molecule has 1 heterocycles. The molecule has 0 aliphatic rings. The summed E-state index contributed by atoms with van der Waals surface area (Å²) in [5, 5.41) is 14.6. The van der Waals surface area contributed by atoms with Crippen LogP contribution in [0, 0.1) is 10.1 Å². The molecule has 28 heavy (non-hydrogen) atoms. The summed E-state index contributed by atoms with van der Waals surface area (Å²) < 4.78 is 4.75. The SMILES string of the molecule is COC(=O)[C@@H](Cc1ccccc1[N+](=O)[O-])NC(=O)c1ccc2ccccc2n1. The van der Waals surface area contributed by atoms with E-state index in [0.29, 0.717) is 11.1 Å². The van der Waals surface area contributed by atoms with Crippen LogP contribution in [0.4, 0.5) is 5.69 Å². The van der Waals surface area contributed by atoms with E-state index in [1.165, 1.54) is 25.3 Å². The number of hydrogen-bond acceptors (Lipinski definition) is 6. The fraction of sp³-hybridized carbons (Fsp3) is 0.150. The monoisotopic (exact) mass is 379 g/mol. The first-order valence-corrected chi connectivity index (χ1v) is 8.46. The van der Waals surface area contributed by atoms with Gasteiger partial charge < -0.3 is 10.1 Å². The molecule has 0 unspecified atom stereocenters. The quantitative estimate of drug-likeness (QED) is 0.400. The molecule has 8 nitrogen and oxygen atoms in total. The maximum atomic E-state index is 12.6. The molecule has 1 aromatic heterocycles. The third kappa shape index (κ3) is 4.12. The van der Waals surface area contributed by atoms with E-state index in [9.17, 15) is 19.7 Å². The first kappa shape index (κ1) is 19.0. The third-order valence-corrected chi connectivity index (χ3v) is 4.23. The molecule has 8 heteroatoms. The minimum absolute atomic E-state index is 0.0802. The number of nitrogens with one attached hydrogen (secondary N) is 1. The van der Waals surface area contributed by atoms with Gasteiger partial charge in [0.1, 0.15) is 11.7 Å². The van der Waals surface area contributed by atoms with E-state index >= 15 is 0 Å². The Morgan fingerprint density at radius 3 is 2.57 bits per heavy atom. The number of carbonyl (C=O) groups is 2. The number of carbonyl (C=O) groups excluding carboxylic acids is 2. The lowest BCUT2D eigenvalue weighted by Crippen LogP contribution is -2.43. The van der Waals surface area contributed by atoms with Crippen LogP contribution in [0.25, 0.3) is 10.9 Å². The zero-order chi connectivity index (χ0) is 20.1. The number of benzene rings is 2. The number of nitrogens with zero attached hydrogens (tertiary/aromatic N) is 2. The molecule has 3 rings (SSSR count). The average molecular weight is 379 g/mol. The van der Waals surface area contributed by atoms with Crippen molar-refractivity contribution in [2.75, 3.05) is 7.11 Å². The van der Waals surface area contributed by atoms with Crippen LogP contribution < -0.4 is 5.32 Å². The van der Waals surface area contributed by atoms with Gasteiger partial charge in [-0.3, -0.25) is 14.9 Å². The maximum absolute atomic E-state index is 12.6. The highest BCUT2D eigenvalue weighted by atomic mass is 16.6. The van der Waals surface area contributed by atoms with E-state index in [4.69, 9.17) is 4.74 Å². The summed E-state index contributed by atoms with van der Waals surface area (Å²) in [6.07, 6.45) is -0.0802. The van der Waals surface area contributed by atoms with Crippen molar-refractivity contribution in [1.82, 2.24) is 10.3 Å². The van der Waals surface area contributed by atoms with Gasteiger partial charge in [0.25, 0.3) is 11.6 Å². The van der Waals surface area contributed by atoms with E-state index in [1.54, 1.807) is 24.3 Å². The number of hydrogen-bond donors (Lipinski definition) is 1. The molecule has 142 valence electrons. The van der Waals surface area contributed by atoms with Gasteiger partial charge in [0.2, 0.25) is 0 Å². The zero-order valence-electron chi connectivity index (χ0n) is 15.0. The highest BCUT2D eigenvalue weighted by Gasteiger charge is 2.26. The standard InChI is InChI=1S/C20H17N3O5/c1-28-20(25)17(12-14-7-3-5-9-18(14)23(26)27)22-19(24)16-11-10-13-6-2-4-8-15(13)21-16/h2-11,17H,12H2,1H3,(H,22,24)/t17-/m1/s1. The van der Waals surface area contributed by atoms with Crippen LogP contribution >= 0.6 is 0 Å². The molecule has 0 saturated carbocycles. The number of nitro groups is 1. The number of aromatic nitrogens is 1. The number of esters is 1. The van der Waals surface area contributed by atoms with E-state index in [1.807, 2.05) is 18.2 Å². The molecule has 1 N–H and O–H groups in total. The largest absolute Gasteiger partial charge is 0.467 e. The van der Waals surface area contributed by atoms with Crippen molar-refractivity contribution in [2.24, 2.45) is 0 Å². The van der Waals surface area contributed by atoms with E-state index in [-0.39, 0.29) is 17.8 Å². The maximum Gasteiger partial charge on any atom is 0.328 e. The number of ether oxygens (including phenoxy) is 1. The highest BCUT2D eigenvalue weighted by molar-refractivity contribution is 5.97. The van der Waals surface area contributed by atoms with Crippen molar-refractivity contribution in [3.8, 4) is 0 Å². The van der Waals surface area contributed by atoms with Crippen molar-refractivity contribution >= 4 is 28.5 Å². The third-order valence-electron chi connectivity index (χ3n) is 4.23. The molecule has 0 bridgehead atoms. The van der Waals surface area contributed by atoms with Crippen molar-refractivity contribution in [3.05, 3.63) is 82.0 Å². The predicted octanol–water partition coefficient (Wildman–Crippen LogP) is 2.66. The van der Waals surface area contributed by atoms with Gasteiger partial charge in [-0.05, 0) is 12.1 Å². The topological polar surface area (TPSA) is 111 Å². The van der Waals surface area contributed by atoms with E-state index in [2.05, 4.69) is 10.3 Å². The number of rotatable bonds is 6. The van der Waals surface area contributed by atoms with Crippen LogP contribution in [0.3, 0.4) is 0 Å². The molecule has 0 spiro atoms. The van der Waals surface area contributed by atoms with Gasteiger partial charge in [-0.2, -0.15) is 0 Å². The fourth-order valence-electron chi connectivity index (χ4n) is 2.84. The smallest absolute Gasteiger partial charge is 0.328 e. The van der Waals surface area contributed by atoms with Crippen LogP contribution in [-0.2, 0) is 16.0 Å². The van der Waals surface area contributed by atoms with Gasteiger partial charge in [0, 0.05) is 23.4 Å². The van der Waals surface area contributed by atoms with Crippen molar-refractivity contribution in [2.45, 2.75) is 12.5 Å². The number of para-hydroxylation sites is 2. The minimum Gasteiger partial charge on any atom is -0.467 e. The Hall–Kier alpha value is -3.81. The number of amides is 1. The Labute approximate surface area is 160 Å². The minimum atomic E-state index is -1.09. The lowest BCUT2D eigenvalue weighted by molar-refractivity contribution is -0.385. The molecular weight excluding hydrogens is 362 g/mol. The van der Waals surface area contributed by atoms with E-state index in [0.717, 1.165) is 5.39 Å². The Balaban J connectivity index is 1.85. The van der Waals surface area contributed by atoms with Crippen molar-refractivity contribution in [1.29, 1.82) is 0 Å². The van der Waals surface area contributed by atoms with Gasteiger partial charge in [-0.25, -0.2) is 9.78 Å². The van der Waals surface area contributed by atoms with Gasteiger partial charge in [-0.1, -0.05) is 42.5 Å². The lowest BCUT2D eigenvalue weighted by atomic mass is 10.0. The molecule has 0 aliphatic heterocycles. The molecule has 0 radical (unpaired) electrons. The molecule has 3 aromatic rings. The fourth-order valence-corrected chi connectivity index (χ4v) is 2.84. The van der Waals surface area contributed by atoms with Crippen LogP contribution in [-0.4, -0.2) is 34.9 Å². The predicted molar refractivity (Wildman–Crippen MR) is 102 cm³/mol. The lowest BCUT2D eigenvalue weighted by Gasteiger charge is -2.16. The van der Waals surface area contributed by atoms with Crippen molar-refractivity contribution < 1.29 is 19.2 Å². The molecule has 1 amide bonds. The Bertz CT molecular complexity index is 1050. The zero-order valence-corrected chi connectivity index (χ0v) is 15.0. The van der Waals surface area contributed by atoms with Crippen molar-refractivity contribution in [3.63, 3.8) is 0 Å². The number of methoxy groups -OCH3 is 1. The van der Waals surface area contributed by atoms with Crippen LogP contribution in [0.2, 0.25) is 0 Å².